The van der Waals surface area contributed by atoms with Crippen LogP contribution in [0.25, 0.3) is 11.1 Å². The van der Waals surface area contributed by atoms with Crippen LogP contribution in [0.1, 0.15) is 24.8 Å². The number of fused-ring (bicyclic) bond motifs is 2. The van der Waals surface area contributed by atoms with Crippen LogP contribution in [0.5, 0.6) is 0 Å². The second-order valence-corrected chi connectivity index (χ2v) is 8.86. The molecule has 1 unspecified atom stereocenters. The molecule has 0 aromatic heterocycles. The molecule has 30 heavy (non-hydrogen) atoms. The van der Waals surface area contributed by atoms with Crippen molar-refractivity contribution >= 4 is 17.0 Å². The third-order valence-electron chi connectivity index (χ3n) is 5.96. The molecular formula is C22H22FN3O3S. The molecule has 1 heterocycles. The Labute approximate surface area is 176 Å². The van der Waals surface area contributed by atoms with Crippen LogP contribution in [0.3, 0.4) is 0 Å². The van der Waals surface area contributed by atoms with E-state index in [4.69, 9.17) is 0 Å². The summed E-state index contributed by atoms with van der Waals surface area (Å²) in [5, 5.41) is 15.5. The molecule has 156 valence electrons. The van der Waals surface area contributed by atoms with Crippen molar-refractivity contribution in [2.24, 2.45) is 5.92 Å². The lowest BCUT2D eigenvalue weighted by Crippen LogP contribution is -2.50. The number of halogens is 1. The monoisotopic (exact) mass is 427 g/mol. The third-order valence-corrected chi connectivity index (χ3v) is 6.62. The number of nitriles is 1. The molecule has 1 saturated carbocycles. The summed E-state index contributed by atoms with van der Waals surface area (Å²) >= 11 is -2.11. The third kappa shape index (κ3) is 4.29. The van der Waals surface area contributed by atoms with E-state index in [-0.39, 0.29) is 23.3 Å². The van der Waals surface area contributed by atoms with Gasteiger partial charge in [0.05, 0.1) is 17.0 Å². The summed E-state index contributed by atoms with van der Waals surface area (Å²) in [6, 6.07) is 12.4. The summed E-state index contributed by atoms with van der Waals surface area (Å²) in [7, 11) is 0. The molecule has 1 amide bonds. The molecule has 2 aliphatic rings. The van der Waals surface area contributed by atoms with Gasteiger partial charge in [0.25, 0.3) is 0 Å². The Hall–Kier alpha value is -2.60. The van der Waals surface area contributed by atoms with Gasteiger partial charge < -0.3 is 15.2 Å². The Morgan fingerprint density at radius 1 is 1.30 bits per heavy atom. The van der Waals surface area contributed by atoms with Crippen LogP contribution in [-0.2, 0) is 22.3 Å². The number of carbonyl (C=O) groups excluding carboxylic acids is 1. The van der Waals surface area contributed by atoms with Crippen molar-refractivity contribution in [3.63, 3.8) is 0 Å². The largest absolute Gasteiger partial charge is 0.339 e. The minimum atomic E-state index is -2.11. The van der Waals surface area contributed by atoms with Gasteiger partial charge in [-0.3, -0.25) is 4.79 Å². The predicted molar refractivity (Wildman–Crippen MR) is 110 cm³/mol. The number of hydrogen-bond acceptors (Lipinski definition) is 4. The Morgan fingerprint density at radius 2 is 2.10 bits per heavy atom. The van der Waals surface area contributed by atoms with Crippen molar-refractivity contribution in [1.82, 2.24) is 10.6 Å². The van der Waals surface area contributed by atoms with Gasteiger partial charge in [-0.05, 0) is 60.1 Å². The first kappa shape index (κ1) is 20.7. The first-order valence-electron chi connectivity index (χ1n) is 9.90. The number of benzene rings is 2. The van der Waals surface area contributed by atoms with Crippen LogP contribution in [0.15, 0.2) is 47.4 Å². The first-order chi connectivity index (χ1) is 14.4. The molecular weight excluding hydrogens is 405 g/mol. The van der Waals surface area contributed by atoms with E-state index in [0.717, 1.165) is 19.3 Å². The topological polar surface area (TPSA) is 102 Å². The van der Waals surface area contributed by atoms with Crippen molar-refractivity contribution in [3.05, 3.63) is 53.8 Å². The second-order valence-electron chi connectivity index (χ2n) is 7.89. The second kappa shape index (κ2) is 8.64. The van der Waals surface area contributed by atoms with Gasteiger partial charge in [-0.15, -0.1) is 0 Å². The smallest absolute Gasteiger partial charge is 0.238 e. The fourth-order valence-corrected chi connectivity index (χ4v) is 4.86. The van der Waals surface area contributed by atoms with E-state index in [1.54, 1.807) is 24.3 Å². The molecule has 4 rings (SSSR count). The maximum Gasteiger partial charge on any atom is 0.238 e. The summed E-state index contributed by atoms with van der Waals surface area (Å²) in [5.41, 5.74) is 1.51. The molecule has 1 saturated heterocycles. The zero-order chi connectivity index (χ0) is 21.3. The van der Waals surface area contributed by atoms with Crippen molar-refractivity contribution in [2.75, 3.05) is 0 Å². The van der Waals surface area contributed by atoms with Gasteiger partial charge in [-0.25, -0.2) is 8.60 Å². The molecule has 1 aliphatic heterocycles. The number of nitrogens with one attached hydrogen (secondary N) is 2. The van der Waals surface area contributed by atoms with E-state index in [1.165, 1.54) is 18.2 Å². The molecule has 6 nitrogen and oxygen atoms in total. The molecule has 2 aromatic carbocycles. The van der Waals surface area contributed by atoms with E-state index in [2.05, 4.69) is 16.7 Å². The quantitative estimate of drug-likeness (QED) is 0.616. The number of piperidine rings is 1. The summed E-state index contributed by atoms with van der Waals surface area (Å²) in [5.74, 6) is -0.371. The van der Waals surface area contributed by atoms with Gasteiger partial charge in [-0.2, -0.15) is 5.26 Å². The predicted octanol–water partition coefficient (Wildman–Crippen LogP) is 2.76. The van der Waals surface area contributed by atoms with Gasteiger partial charge in [0, 0.05) is 12.5 Å². The standard InChI is InChI=1S/C22H22FN3O3S/c23-20-11-14(13-2-1-3-19(10-13)30(28)29)4-5-15(20)8-18(12-24)26-22(27)21-16-6-7-17(9-16)25-21/h1-5,10-11,16-18,21,25H,6-9H2,(H,26,27)(H,28,29)/t16-,17+,18-,21-/m0/s1. The fourth-order valence-electron chi connectivity index (χ4n) is 4.44. The number of amides is 1. The van der Waals surface area contributed by atoms with Gasteiger partial charge in [0.2, 0.25) is 5.91 Å². The van der Waals surface area contributed by atoms with E-state index < -0.39 is 22.9 Å². The van der Waals surface area contributed by atoms with Gasteiger partial charge >= 0.3 is 0 Å². The SMILES string of the molecule is N#C[C@H](Cc1ccc(-c2cccc(S(=O)O)c2)cc1F)NC(=O)[C@H]1N[C@@H]2CC[C@H]1C2. The number of carbonyl (C=O) groups is 1. The van der Waals surface area contributed by atoms with Crippen LogP contribution in [0.4, 0.5) is 4.39 Å². The van der Waals surface area contributed by atoms with Crippen molar-refractivity contribution in [3.8, 4) is 17.2 Å². The molecule has 8 heteroatoms. The summed E-state index contributed by atoms with van der Waals surface area (Å²) < 4.78 is 35.2. The summed E-state index contributed by atoms with van der Waals surface area (Å²) in [6.45, 7) is 0. The number of hydrogen-bond donors (Lipinski definition) is 3. The van der Waals surface area contributed by atoms with E-state index >= 15 is 0 Å². The maximum atomic E-state index is 14.7. The summed E-state index contributed by atoms with van der Waals surface area (Å²) in [4.78, 5) is 12.8. The summed E-state index contributed by atoms with van der Waals surface area (Å²) in [6.07, 6.45) is 3.17. The highest BCUT2D eigenvalue weighted by atomic mass is 32.2. The Balaban J connectivity index is 1.45. The molecule has 0 spiro atoms. The van der Waals surface area contributed by atoms with E-state index in [9.17, 15) is 23.2 Å². The van der Waals surface area contributed by atoms with Crippen LogP contribution in [0, 0.1) is 23.1 Å². The minimum absolute atomic E-state index is 0.0653. The number of rotatable bonds is 6. The Kier molecular flexibility index (Phi) is 5.95. The minimum Gasteiger partial charge on any atom is -0.339 e. The molecule has 3 N–H and O–H groups in total. The fraction of sp³-hybridized carbons (Fsp3) is 0.364. The van der Waals surface area contributed by atoms with Crippen molar-refractivity contribution < 1.29 is 17.9 Å². The molecule has 2 aromatic rings. The molecule has 0 radical (unpaired) electrons. The average molecular weight is 428 g/mol. The highest BCUT2D eigenvalue weighted by Crippen LogP contribution is 2.35. The van der Waals surface area contributed by atoms with Crippen LogP contribution in [-0.4, -0.2) is 32.8 Å². The zero-order valence-corrected chi connectivity index (χ0v) is 17.0. The first-order valence-corrected chi connectivity index (χ1v) is 11.0. The van der Waals surface area contributed by atoms with Crippen molar-refractivity contribution in [2.45, 2.75) is 48.7 Å². The molecule has 5 atom stereocenters. The van der Waals surface area contributed by atoms with Crippen LogP contribution >= 0.6 is 0 Å². The number of nitrogens with zero attached hydrogens (tertiary/aromatic N) is 1. The van der Waals surface area contributed by atoms with Gasteiger partial charge in [-0.1, -0.05) is 24.3 Å². The molecule has 2 fully saturated rings. The van der Waals surface area contributed by atoms with Gasteiger partial charge in [0.1, 0.15) is 11.9 Å². The highest BCUT2D eigenvalue weighted by molar-refractivity contribution is 7.79. The zero-order valence-electron chi connectivity index (χ0n) is 16.2. The van der Waals surface area contributed by atoms with Gasteiger partial charge in [0.15, 0.2) is 11.1 Å². The lowest BCUT2D eigenvalue weighted by molar-refractivity contribution is -0.124. The normalized spacial score (nSPS) is 24.2. The molecule has 1 aliphatic carbocycles. The lowest BCUT2D eigenvalue weighted by Gasteiger charge is -2.23. The van der Waals surface area contributed by atoms with E-state index in [1.807, 2.05) is 0 Å². The Bertz CT molecular complexity index is 1040. The molecule has 2 bridgehead atoms. The lowest BCUT2D eigenvalue weighted by atomic mass is 9.98. The van der Waals surface area contributed by atoms with Crippen LogP contribution < -0.4 is 10.6 Å². The average Bonchev–Trinajstić information content (AvgIpc) is 3.38. The Morgan fingerprint density at radius 3 is 2.73 bits per heavy atom. The van der Waals surface area contributed by atoms with Crippen molar-refractivity contribution in [1.29, 1.82) is 5.26 Å². The van der Waals surface area contributed by atoms with E-state index in [0.29, 0.717) is 28.7 Å². The van der Waals surface area contributed by atoms with Crippen LogP contribution in [0.2, 0.25) is 0 Å². The highest BCUT2D eigenvalue weighted by Gasteiger charge is 2.43. The maximum absolute atomic E-state index is 14.7.